The molecule has 0 fully saturated rings. The quantitative estimate of drug-likeness (QED) is 0.499. The number of rotatable bonds is 9. The molecule has 2 heteroatoms. The zero-order chi connectivity index (χ0) is 9.07. The maximum absolute atomic E-state index is 9.63. The van der Waals surface area contributed by atoms with E-state index in [-0.39, 0.29) is 0 Å². The Hall–Kier alpha value is -0.530. The molecule has 0 heterocycles. The summed E-state index contributed by atoms with van der Waals surface area (Å²) in [7, 11) is 0. The molecule has 0 aromatic rings. The average Bonchev–Trinajstić information content (AvgIpc) is 2.10. The van der Waals surface area contributed by atoms with Gasteiger partial charge in [-0.15, -0.1) is 0 Å². The molecule has 0 rings (SSSR count). The largest absolute Gasteiger partial charge is 0.457 e. The van der Waals surface area contributed by atoms with Gasteiger partial charge in [0.15, 0.2) is 0 Å². The molecule has 0 aliphatic rings. The summed E-state index contributed by atoms with van der Waals surface area (Å²) in [6.07, 6.45) is 8.73. The molecule has 0 unspecified atom stereocenters. The Morgan fingerprint density at radius 3 is 2.17 bits per heavy atom. The molecular formula is C10H19O2. The molecule has 0 atom stereocenters. The van der Waals surface area contributed by atoms with Crippen LogP contribution in [0.3, 0.4) is 0 Å². The minimum atomic E-state index is 0.539. The van der Waals surface area contributed by atoms with Gasteiger partial charge in [-0.05, 0) is 6.42 Å². The van der Waals surface area contributed by atoms with Gasteiger partial charge in [-0.3, -0.25) is 0 Å². The normalized spacial score (nSPS) is 9.75. The predicted octanol–water partition coefficient (Wildman–Crippen LogP) is 2.82. The number of carbonyl (C=O) groups excluding carboxylic acids is 1. The summed E-state index contributed by atoms with van der Waals surface area (Å²) in [6.45, 7) is 4.18. The first-order valence-electron chi connectivity index (χ1n) is 4.90. The molecule has 71 valence electrons. The third kappa shape index (κ3) is 9.47. The molecule has 0 aliphatic carbocycles. The van der Waals surface area contributed by atoms with Crippen LogP contribution >= 0.6 is 0 Å². The Balaban J connectivity index is 2.77. The van der Waals surface area contributed by atoms with Crippen LogP contribution in [0.2, 0.25) is 0 Å². The third-order valence-corrected chi connectivity index (χ3v) is 1.91. The molecule has 0 bridgehead atoms. The van der Waals surface area contributed by atoms with Crippen LogP contribution in [0.1, 0.15) is 51.9 Å². The smallest absolute Gasteiger partial charge is 0.417 e. The summed E-state index contributed by atoms with van der Waals surface area (Å²) in [4.78, 5) is 9.63. The van der Waals surface area contributed by atoms with E-state index in [0.717, 1.165) is 6.42 Å². The van der Waals surface area contributed by atoms with E-state index in [1.54, 1.807) is 0 Å². The second-order valence-corrected chi connectivity index (χ2v) is 3.05. The van der Waals surface area contributed by atoms with Gasteiger partial charge in [-0.25, -0.2) is 4.79 Å². The van der Waals surface area contributed by atoms with E-state index in [2.05, 4.69) is 11.7 Å². The Morgan fingerprint density at radius 2 is 1.58 bits per heavy atom. The molecule has 0 N–H and O–H groups in total. The number of hydrogen-bond donors (Lipinski definition) is 0. The summed E-state index contributed by atoms with van der Waals surface area (Å²) in [6, 6.07) is 0. The highest BCUT2D eigenvalue weighted by atomic mass is 16.5. The zero-order valence-corrected chi connectivity index (χ0v) is 7.97. The van der Waals surface area contributed by atoms with E-state index >= 15 is 0 Å². The van der Waals surface area contributed by atoms with E-state index in [1.807, 2.05) is 0 Å². The first-order chi connectivity index (χ1) is 5.91. The minimum absolute atomic E-state index is 0.539. The van der Waals surface area contributed by atoms with Crippen LogP contribution in [0.4, 0.5) is 0 Å². The molecule has 0 aromatic heterocycles. The van der Waals surface area contributed by atoms with Crippen molar-refractivity contribution in [3.8, 4) is 0 Å². The van der Waals surface area contributed by atoms with Gasteiger partial charge in [0.1, 0.15) is 0 Å². The van der Waals surface area contributed by atoms with Crippen molar-refractivity contribution < 1.29 is 9.53 Å². The van der Waals surface area contributed by atoms with Gasteiger partial charge in [0.25, 0.3) is 0 Å². The molecule has 12 heavy (non-hydrogen) atoms. The first kappa shape index (κ1) is 11.5. The van der Waals surface area contributed by atoms with Crippen LogP contribution < -0.4 is 0 Å². The second-order valence-electron chi connectivity index (χ2n) is 3.05. The van der Waals surface area contributed by atoms with Crippen molar-refractivity contribution in [1.29, 1.82) is 0 Å². The number of ether oxygens (including phenoxy) is 1. The predicted molar refractivity (Wildman–Crippen MR) is 49.6 cm³/mol. The van der Waals surface area contributed by atoms with Crippen molar-refractivity contribution in [3.05, 3.63) is 0 Å². The topological polar surface area (TPSA) is 26.3 Å². The minimum Gasteiger partial charge on any atom is -0.457 e. The third-order valence-electron chi connectivity index (χ3n) is 1.91. The standard InChI is InChI=1S/C10H19O2/c1-2-3-4-5-6-7-8-9-12-10-11/h2-9H2,1H3. The lowest BCUT2D eigenvalue weighted by Crippen LogP contribution is -1.91. The molecule has 0 amide bonds. The van der Waals surface area contributed by atoms with Gasteiger partial charge in [0.05, 0.1) is 6.61 Å². The van der Waals surface area contributed by atoms with Crippen LogP contribution in [0, 0.1) is 0 Å². The highest BCUT2D eigenvalue weighted by Crippen LogP contribution is 2.06. The van der Waals surface area contributed by atoms with Crippen LogP contribution in [0.25, 0.3) is 0 Å². The van der Waals surface area contributed by atoms with Crippen LogP contribution in [-0.2, 0) is 9.53 Å². The van der Waals surface area contributed by atoms with Crippen molar-refractivity contribution in [3.63, 3.8) is 0 Å². The Kier molecular flexibility index (Phi) is 10.0. The van der Waals surface area contributed by atoms with E-state index in [0.29, 0.717) is 6.61 Å². The van der Waals surface area contributed by atoms with E-state index in [1.165, 1.54) is 45.0 Å². The summed E-state index contributed by atoms with van der Waals surface area (Å²) in [5.41, 5.74) is 0. The van der Waals surface area contributed by atoms with Gasteiger partial charge < -0.3 is 4.74 Å². The summed E-state index contributed by atoms with van der Waals surface area (Å²) >= 11 is 0. The molecule has 2 nitrogen and oxygen atoms in total. The first-order valence-corrected chi connectivity index (χ1v) is 4.90. The van der Waals surface area contributed by atoms with E-state index < -0.39 is 0 Å². The lowest BCUT2D eigenvalue weighted by molar-refractivity contribution is 0.268. The van der Waals surface area contributed by atoms with E-state index in [4.69, 9.17) is 0 Å². The summed E-state index contributed by atoms with van der Waals surface area (Å²) in [5.74, 6) is 0. The van der Waals surface area contributed by atoms with Crippen LogP contribution in [-0.4, -0.2) is 13.1 Å². The van der Waals surface area contributed by atoms with Crippen LogP contribution in [0.5, 0.6) is 0 Å². The maximum atomic E-state index is 9.63. The Morgan fingerprint density at radius 1 is 1.00 bits per heavy atom. The SMILES string of the molecule is CCCCCCCCCO[C]=O. The van der Waals surface area contributed by atoms with Gasteiger partial charge in [0.2, 0.25) is 0 Å². The number of unbranched alkanes of at least 4 members (excludes halogenated alkanes) is 6. The molecule has 0 spiro atoms. The Bertz CT molecular complexity index is 91.8. The molecule has 0 saturated heterocycles. The van der Waals surface area contributed by atoms with Crippen LogP contribution in [0.15, 0.2) is 0 Å². The highest BCUT2D eigenvalue weighted by Gasteiger charge is 1.90. The van der Waals surface area contributed by atoms with Crippen molar-refractivity contribution in [2.75, 3.05) is 6.61 Å². The molecule has 0 aromatic carbocycles. The summed E-state index contributed by atoms with van der Waals surface area (Å²) < 4.78 is 4.46. The lowest BCUT2D eigenvalue weighted by atomic mass is 10.1. The fourth-order valence-corrected chi connectivity index (χ4v) is 1.17. The Labute approximate surface area is 75.3 Å². The fourth-order valence-electron chi connectivity index (χ4n) is 1.17. The van der Waals surface area contributed by atoms with Crippen molar-refractivity contribution >= 4 is 6.47 Å². The molecule has 0 saturated carbocycles. The zero-order valence-electron chi connectivity index (χ0n) is 7.97. The van der Waals surface area contributed by atoms with Crippen molar-refractivity contribution in [2.24, 2.45) is 0 Å². The van der Waals surface area contributed by atoms with E-state index in [9.17, 15) is 4.79 Å². The molecular weight excluding hydrogens is 152 g/mol. The molecule has 0 aliphatic heterocycles. The van der Waals surface area contributed by atoms with Gasteiger partial charge in [-0.2, -0.15) is 0 Å². The van der Waals surface area contributed by atoms with Crippen molar-refractivity contribution in [1.82, 2.24) is 0 Å². The summed E-state index contributed by atoms with van der Waals surface area (Å²) in [5, 5.41) is 0. The average molecular weight is 171 g/mol. The highest BCUT2D eigenvalue weighted by molar-refractivity contribution is 5.37. The lowest BCUT2D eigenvalue weighted by Gasteiger charge is -1.99. The van der Waals surface area contributed by atoms with Gasteiger partial charge >= 0.3 is 6.47 Å². The monoisotopic (exact) mass is 171 g/mol. The molecule has 1 radical (unpaired) electrons. The fraction of sp³-hybridized carbons (Fsp3) is 0.900. The van der Waals surface area contributed by atoms with Gasteiger partial charge in [0, 0.05) is 0 Å². The number of hydrogen-bond acceptors (Lipinski definition) is 2. The van der Waals surface area contributed by atoms with Gasteiger partial charge in [-0.1, -0.05) is 45.4 Å². The second kappa shape index (κ2) is 10.5. The van der Waals surface area contributed by atoms with Crippen molar-refractivity contribution in [2.45, 2.75) is 51.9 Å². The maximum Gasteiger partial charge on any atom is 0.417 e.